The Balaban J connectivity index is 1.52. The van der Waals surface area contributed by atoms with Crippen LogP contribution in [0.25, 0.3) is 11.4 Å². The molecule has 3 aromatic rings. The molecule has 1 aliphatic heterocycles. The van der Waals surface area contributed by atoms with Crippen molar-refractivity contribution in [2.75, 3.05) is 18.6 Å². The average Bonchev–Trinajstić information content (AvgIpc) is 3.29. The number of carbonyl (C=O) groups excluding carboxylic acids is 1. The summed E-state index contributed by atoms with van der Waals surface area (Å²) in [5, 5.41) is 4.07. The molecule has 1 fully saturated rings. The van der Waals surface area contributed by atoms with Crippen molar-refractivity contribution < 1.29 is 14.1 Å². The van der Waals surface area contributed by atoms with Crippen molar-refractivity contribution in [2.24, 2.45) is 0 Å². The number of amides is 1. The van der Waals surface area contributed by atoms with Gasteiger partial charge in [0.2, 0.25) is 17.6 Å². The molecule has 1 saturated heterocycles. The molecule has 132 valence electrons. The summed E-state index contributed by atoms with van der Waals surface area (Å²) in [6, 6.07) is 15.4. The molecule has 2 heterocycles. The second kappa shape index (κ2) is 6.63. The summed E-state index contributed by atoms with van der Waals surface area (Å²) in [5.41, 5.74) is 2.92. The molecule has 0 N–H and O–H groups in total. The van der Waals surface area contributed by atoms with Crippen molar-refractivity contribution >= 4 is 11.6 Å². The molecule has 6 heteroatoms. The molecule has 2 aromatic carbocycles. The van der Waals surface area contributed by atoms with E-state index in [1.165, 1.54) is 5.56 Å². The van der Waals surface area contributed by atoms with Gasteiger partial charge in [-0.2, -0.15) is 4.98 Å². The van der Waals surface area contributed by atoms with Gasteiger partial charge in [0.25, 0.3) is 0 Å². The maximum atomic E-state index is 12.4. The van der Waals surface area contributed by atoms with Crippen LogP contribution in [0.5, 0.6) is 5.75 Å². The summed E-state index contributed by atoms with van der Waals surface area (Å²) in [7, 11) is 1.62. The molecule has 0 bridgehead atoms. The van der Waals surface area contributed by atoms with Gasteiger partial charge in [0.05, 0.1) is 13.0 Å². The Morgan fingerprint density at radius 3 is 2.54 bits per heavy atom. The van der Waals surface area contributed by atoms with Gasteiger partial charge in [-0.1, -0.05) is 35.0 Å². The molecule has 1 amide bonds. The Kier molecular flexibility index (Phi) is 4.16. The Labute approximate surface area is 151 Å². The topological polar surface area (TPSA) is 68.5 Å². The third-order valence-electron chi connectivity index (χ3n) is 4.61. The maximum Gasteiger partial charge on any atom is 0.232 e. The van der Waals surface area contributed by atoms with Crippen molar-refractivity contribution in [3.05, 3.63) is 60.0 Å². The highest BCUT2D eigenvalue weighted by molar-refractivity contribution is 5.96. The summed E-state index contributed by atoms with van der Waals surface area (Å²) in [6.07, 6.45) is 0.363. The number of hydrogen-bond donors (Lipinski definition) is 0. The quantitative estimate of drug-likeness (QED) is 0.720. The van der Waals surface area contributed by atoms with E-state index in [-0.39, 0.29) is 11.8 Å². The molecule has 0 spiro atoms. The van der Waals surface area contributed by atoms with E-state index in [4.69, 9.17) is 9.26 Å². The lowest BCUT2D eigenvalue weighted by atomic mass is 10.1. The smallest absolute Gasteiger partial charge is 0.232 e. The standard InChI is InChI=1S/C20H19N3O3/c1-13-3-5-14(6-4-13)19-21-20(26-22-19)15-11-18(24)23(12-15)16-7-9-17(25-2)10-8-16/h3-10,15H,11-12H2,1-2H3. The van der Waals surface area contributed by atoms with Gasteiger partial charge in [-0.05, 0) is 31.2 Å². The summed E-state index contributed by atoms with van der Waals surface area (Å²) < 4.78 is 10.6. The van der Waals surface area contributed by atoms with Crippen LogP contribution in [-0.2, 0) is 4.79 Å². The fourth-order valence-corrected chi connectivity index (χ4v) is 3.11. The first kappa shape index (κ1) is 16.3. The molecule has 0 saturated carbocycles. The molecule has 1 aliphatic rings. The molecule has 1 unspecified atom stereocenters. The van der Waals surface area contributed by atoms with E-state index < -0.39 is 0 Å². The van der Waals surface area contributed by atoms with Crippen LogP contribution < -0.4 is 9.64 Å². The molecular formula is C20H19N3O3. The monoisotopic (exact) mass is 349 g/mol. The summed E-state index contributed by atoms with van der Waals surface area (Å²) in [6.45, 7) is 2.56. The van der Waals surface area contributed by atoms with Crippen LogP contribution >= 0.6 is 0 Å². The molecule has 4 rings (SSSR count). The lowest BCUT2D eigenvalue weighted by molar-refractivity contribution is -0.117. The number of carbonyl (C=O) groups is 1. The molecule has 1 aromatic heterocycles. The zero-order valence-corrected chi connectivity index (χ0v) is 14.7. The van der Waals surface area contributed by atoms with Crippen LogP contribution in [0.4, 0.5) is 5.69 Å². The lowest BCUT2D eigenvalue weighted by Crippen LogP contribution is -2.24. The van der Waals surface area contributed by atoms with Crippen molar-refractivity contribution in [1.82, 2.24) is 10.1 Å². The molecule has 0 radical (unpaired) electrons. The van der Waals surface area contributed by atoms with E-state index >= 15 is 0 Å². The first-order valence-corrected chi connectivity index (χ1v) is 8.49. The third-order valence-corrected chi connectivity index (χ3v) is 4.61. The number of methoxy groups -OCH3 is 1. The largest absolute Gasteiger partial charge is 0.497 e. The minimum absolute atomic E-state index is 0.0512. The molecule has 26 heavy (non-hydrogen) atoms. The molecule has 0 aliphatic carbocycles. The van der Waals surface area contributed by atoms with Crippen molar-refractivity contribution in [3.8, 4) is 17.1 Å². The highest BCUT2D eigenvalue weighted by Gasteiger charge is 2.35. The number of benzene rings is 2. The number of hydrogen-bond acceptors (Lipinski definition) is 5. The second-order valence-electron chi connectivity index (χ2n) is 6.43. The van der Waals surface area contributed by atoms with Crippen LogP contribution in [0, 0.1) is 6.92 Å². The van der Waals surface area contributed by atoms with Crippen LogP contribution in [0.2, 0.25) is 0 Å². The number of aromatic nitrogens is 2. The van der Waals surface area contributed by atoms with Crippen molar-refractivity contribution in [3.63, 3.8) is 0 Å². The van der Waals surface area contributed by atoms with Crippen molar-refractivity contribution in [1.29, 1.82) is 0 Å². The fraction of sp³-hybridized carbons (Fsp3) is 0.250. The average molecular weight is 349 g/mol. The minimum atomic E-state index is -0.101. The van der Waals surface area contributed by atoms with Gasteiger partial charge in [-0.3, -0.25) is 4.79 Å². The Bertz CT molecular complexity index is 916. The predicted molar refractivity (Wildman–Crippen MR) is 97.2 cm³/mol. The zero-order chi connectivity index (χ0) is 18.1. The number of aryl methyl sites for hydroxylation is 1. The lowest BCUT2D eigenvalue weighted by Gasteiger charge is -2.16. The zero-order valence-electron chi connectivity index (χ0n) is 14.7. The molecule has 6 nitrogen and oxygen atoms in total. The van der Waals surface area contributed by atoms with E-state index in [9.17, 15) is 4.79 Å². The van der Waals surface area contributed by atoms with Crippen LogP contribution in [0.1, 0.15) is 23.8 Å². The van der Waals surface area contributed by atoms with Gasteiger partial charge < -0.3 is 14.2 Å². The van der Waals surface area contributed by atoms with Gasteiger partial charge in [-0.15, -0.1) is 0 Å². The van der Waals surface area contributed by atoms with E-state index in [1.807, 2.05) is 55.5 Å². The summed E-state index contributed by atoms with van der Waals surface area (Å²) >= 11 is 0. The highest BCUT2D eigenvalue weighted by atomic mass is 16.5. The van der Waals surface area contributed by atoms with Gasteiger partial charge in [-0.25, -0.2) is 0 Å². The third kappa shape index (κ3) is 3.06. The fourth-order valence-electron chi connectivity index (χ4n) is 3.11. The van der Waals surface area contributed by atoms with Crippen LogP contribution in [0.15, 0.2) is 53.1 Å². The Morgan fingerprint density at radius 1 is 1.12 bits per heavy atom. The second-order valence-corrected chi connectivity index (χ2v) is 6.43. The number of ether oxygens (including phenoxy) is 1. The van der Waals surface area contributed by atoms with Crippen LogP contribution in [-0.4, -0.2) is 29.7 Å². The maximum absolute atomic E-state index is 12.4. The summed E-state index contributed by atoms with van der Waals surface area (Å²) in [4.78, 5) is 18.7. The number of anilines is 1. The van der Waals surface area contributed by atoms with E-state index in [2.05, 4.69) is 10.1 Å². The van der Waals surface area contributed by atoms with Crippen LogP contribution in [0.3, 0.4) is 0 Å². The first-order valence-electron chi connectivity index (χ1n) is 8.49. The van der Waals surface area contributed by atoms with Gasteiger partial charge in [0, 0.05) is 24.2 Å². The van der Waals surface area contributed by atoms with E-state index in [1.54, 1.807) is 12.0 Å². The highest BCUT2D eigenvalue weighted by Crippen LogP contribution is 2.32. The number of nitrogens with zero attached hydrogens (tertiary/aromatic N) is 3. The van der Waals surface area contributed by atoms with Gasteiger partial charge >= 0.3 is 0 Å². The Morgan fingerprint density at radius 2 is 1.85 bits per heavy atom. The normalized spacial score (nSPS) is 16.9. The van der Waals surface area contributed by atoms with Gasteiger partial charge in [0.15, 0.2) is 0 Å². The number of rotatable bonds is 4. The van der Waals surface area contributed by atoms with Crippen molar-refractivity contribution in [2.45, 2.75) is 19.3 Å². The predicted octanol–water partition coefficient (Wildman–Crippen LogP) is 3.57. The Hall–Kier alpha value is -3.15. The molecular weight excluding hydrogens is 330 g/mol. The minimum Gasteiger partial charge on any atom is -0.497 e. The first-order chi connectivity index (χ1) is 12.6. The van der Waals surface area contributed by atoms with E-state index in [0.717, 1.165) is 17.0 Å². The summed E-state index contributed by atoms with van der Waals surface area (Å²) in [5.74, 6) is 1.77. The SMILES string of the molecule is COc1ccc(N2CC(c3nc(-c4ccc(C)cc4)no3)CC2=O)cc1. The van der Waals surface area contributed by atoms with E-state index in [0.29, 0.717) is 24.7 Å². The van der Waals surface area contributed by atoms with Gasteiger partial charge in [0.1, 0.15) is 5.75 Å². The molecule has 1 atom stereocenters.